The lowest BCUT2D eigenvalue weighted by molar-refractivity contribution is 0.391. The van der Waals surface area contributed by atoms with E-state index in [1.165, 1.54) is 5.56 Å². The molecular weight excluding hydrogens is 228 g/mol. The minimum atomic E-state index is 0.309. The van der Waals surface area contributed by atoms with Gasteiger partial charge in [-0.25, -0.2) is 0 Å². The molecule has 0 aliphatic rings. The van der Waals surface area contributed by atoms with Crippen molar-refractivity contribution in [3.05, 3.63) is 17.0 Å². The highest BCUT2D eigenvalue weighted by molar-refractivity contribution is 5.79. The van der Waals surface area contributed by atoms with Crippen LogP contribution in [0.15, 0.2) is 9.52 Å². The van der Waals surface area contributed by atoms with Crippen molar-refractivity contribution in [1.29, 1.82) is 0 Å². The zero-order valence-electron chi connectivity index (χ0n) is 12.0. The molecule has 1 aromatic rings. The topological polar surface area (TPSA) is 62.5 Å². The summed E-state index contributed by atoms with van der Waals surface area (Å²) in [6, 6.07) is 0. The largest absolute Gasteiger partial charge is 0.361 e. The van der Waals surface area contributed by atoms with Gasteiger partial charge in [-0.2, -0.15) is 0 Å². The number of hydrogen-bond donors (Lipinski definition) is 2. The number of aryl methyl sites for hydroxylation is 2. The van der Waals surface area contributed by atoms with Gasteiger partial charge in [0.25, 0.3) is 0 Å². The first kappa shape index (κ1) is 14.5. The van der Waals surface area contributed by atoms with Crippen molar-refractivity contribution in [2.24, 2.45) is 4.99 Å². The van der Waals surface area contributed by atoms with Gasteiger partial charge in [0.05, 0.1) is 5.69 Å². The van der Waals surface area contributed by atoms with Crippen LogP contribution in [0.5, 0.6) is 0 Å². The SMILES string of the molecule is CCNC(=NCC(C)c1c(C)noc1C)NCC. The summed E-state index contributed by atoms with van der Waals surface area (Å²) < 4.78 is 5.19. The zero-order chi connectivity index (χ0) is 13.5. The van der Waals surface area contributed by atoms with Crippen LogP contribution in [-0.4, -0.2) is 30.8 Å². The average Bonchev–Trinajstić information content (AvgIpc) is 2.66. The first-order valence-electron chi connectivity index (χ1n) is 6.55. The van der Waals surface area contributed by atoms with Gasteiger partial charge in [0, 0.05) is 31.1 Å². The lowest BCUT2D eigenvalue weighted by Crippen LogP contribution is -2.37. The second-order valence-electron chi connectivity index (χ2n) is 4.39. The van der Waals surface area contributed by atoms with Crippen molar-refractivity contribution in [1.82, 2.24) is 15.8 Å². The summed E-state index contributed by atoms with van der Waals surface area (Å²) >= 11 is 0. The molecule has 1 unspecified atom stereocenters. The minimum absolute atomic E-state index is 0.309. The van der Waals surface area contributed by atoms with Crippen molar-refractivity contribution < 1.29 is 4.52 Å². The van der Waals surface area contributed by atoms with Gasteiger partial charge in [0.1, 0.15) is 5.76 Å². The number of nitrogens with zero attached hydrogens (tertiary/aromatic N) is 2. The Morgan fingerprint density at radius 3 is 2.33 bits per heavy atom. The molecule has 102 valence electrons. The molecule has 1 atom stereocenters. The van der Waals surface area contributed by atoms with Crippen LogP contribution in [0, 0.1) is 13.8 Å². The second kappa shape index (κ2) is 7.03. The van der Waals surface area contributed by atoms with E-state index in [9.17, 15) is 0 Å². The Balaban J connectivity index is 2.69. The van der Waals surface area contributed by atoms with Gasteiger partial charge in [-0.05, 0) is 27.7 Å². The number of guanidine groups is 1. The highest BCUT2D eigenvalue weighted by Crippen LogP contribution is 2.22. The third-order valence-corrected chi connectivity index (χ3v) is 2.79. The van der Waals surface area contributed by atoms with Crippen molar-refractivity contribution in [2.75, 3.05) is 19.6 Å². The van der Waals surface area contributed by atoms with Crippen molar-refractivity contribution in [3.8, 4) is 0 Å². The normalized spacial score (nSPS) is 12.1. The Labute approximate surface area is 109 Å². The predicted molar refractivity (Wildman–Crippen MR) is 74.0 cm³/mol. The summed E-state index contributed by atoms with van der Waals surface area (Å²) in [7, 11) is 0. The molecule has 1 aromatic heterocycles. The van der Waals surface area contributed by atoms with Gasteiger partial charge < -0.3 is 15.2 Å². The molecule has 0 saturated heterocycles. The Hall–Kier alpha value is -1.52. The third kappa shape index (κ3) is 3.75. The van der Waals surface area contributed by atoms with E-state index >= 15 is 0 Å². The first-order valence-corrected chi connectivity index (χ1v) is 6.55. The zero-order valence-corrected chi connectivity index (χ0v) is 12.0. The molecule has 0 aliphatic heterocycles. The van der Waals surface area contributed by atoms with E-state index in [0.717, 1.165) is 37.0 Å². The van der Waals surface area contributed by atoms with E-state index < -0.39 is 0 Å². The lowest BCUT2D eigenvalue weighted by atomic mass is 10.00. The van der Waals surface area contributed by atoms with Crippen LogP contribution < -0.4 is 10.6 Å². The molecule has 0 radical (unpaired) electrons. The quantitative estimate of drug-likeness (QED) is 0.621. The molecule has 5 heteroatoms. The van der Waals surface area contributed by atoms with Crippen molar-refractivity contribution >= 4 is 5.96 Å². The van der Waals surface area contributed by atoms with Gasteiger partial charge in [-0.15, -0.1) is 0 Å². The standard InChI is InChI=1S/C13H24N4O/c1-6-14-13(15-7-2)16-8-9(3)12-10(4)17-18-11(12)5/h9H,6-8H2,1-5H3,(H2,14,15,16). The van der Waals surface area contributed by atoms with E-state index in [1.54, 1.807) is 0 Å². The summed E-state index contributed by atoms with van der Waals surface area (Å²) in [6.07, 6.45) is 0. The fourth-order valence-corrected chi connectivity index (χ4v) is 2.02. The van der Waals surface area contributed by atoms with Crippen molar-refractivity contribution in [2.45, 2.75) is 40.5 Å². The molecule has 1 heterocycles. The van der Waals surface area contributed by atoms with Crippen LogP contribution in [0.4, 0.5) is 0 Å². The van der Waals surface area contributed by atoms with Crippen LogP contribution in [0.25, 0.3) is 0 Å². The molecule has 5 nitrogen and oxygen atoms in total. The molecule has 2 N–H and O–H groups in total. The predicted octanol–water partition coefficient (Wildman–Crippen LogP) is 1.97. The van der Waals surface area contributed by atoms with Gasteiger partial charge >= 0.3 is 0 Å². The molecule has 0 spiro atoms. The monoisotopic (exact) mass is 252 g/mol. The van der Waals surface area contributed by atoms with Crippen LogP contribution in [0.1, 0.15) is 43.7 Å². The molecule has 0 aromatic carbocycles. The molecule has 18 heavy (non-hydrogen) atoms. The Bertz CT molecular complexity index is 370. The van der Waals surface area contributed by atoms with Gasteiger partial charge in [-0.1, -0.05) is 12.1 Å². The highest BCUT2D eigenvalue weighted by Gasteiger charge is 2.16. The molecule has 0 bridgehead atoms. The summed E-state index contributed by atoms with van der Waals surface area (Å²) in [6.45, 7) is 12.6. The maximum atomic E-state index is 5.19. The lowest BCUT2D eigenvalue weighted by Gasteiger charge is -2.12. The van der Waals surface area contributed by atoms with Crippen LogP contribution in [0.3, 0.4) is 0 Å². The number of rotatable bonds is 5. The van der Waals surface area contributed by atoms with Gasteiger partial charge in [0.15, 0.2) is 5.96 Å². The summed E-state index contributed by atoms with van der Waals surface area (Å²) in [5.41, 5.74) is 2.13. The van der Waals surface area contributed by atoms with Gasteiger partial charge in [0.2, 0.25) is 0 Å². The number of hydrogen-bond acceptors (Lipinski definition) is 3. The molecule has 1 rings (SSSR count). The number of aromatic nitrogens is 1. The van der Waals surface area contributed by atoms with Gasteiger partial charge in [-0.3, -0.25) is 4.99 Å². The minimum Gasteiger partial charge on any atom is -0.361 e. The molecule has 0 fully saturated rings. The average molecular weight is 252 g/mol. The van der Waals surface area contributed by atoms with E-state index in [1.807, 2.05) is 13.8 Å². The highest BCUT2D eigenvalue weighted by atomic mass is 16.5. The third-order valence-electron chi connectivity index (χ3n) is 2.79. The van der Waals surface area contributed by atoms with E-state index in [0.29, 0.717) is 5.92 Å². The Morgan fingerprint density at radius 2 is 1.89 bits per heavy atom. The number of nitrogens with one attached hydrogen (secondary N) is 2. The summed E-state index contributed by atoms with van der Waals surface area (Å²) in [5.74, 6) is 2.06. The molecule has 0 amide bonds. The molecular formula is C13H24N4O. The van der Waals surface area contributed by atoms with Crippen molar-refractivity contribution in [3.63, 3.8) is 0 Å². The first-order chi connectivity index (χ1) is 8.60. The molecule has 0 saturated carbocycles. The fourth-order valence-electron chi connectivity index (χ4n) is 2.02. The Kier molecular flexibility index (Phi) is 5.68. The summed E-state index contributed by atoms with van der Waals surface area (Å²) in [5, 5.41) is 10.4. The van der Waals surface area contributed by atoms with E-state index in [4.69, 9.17) is 4.52 Å². The number of aliphatic imine (C=N–C) groups is 1. The Morgan fingerprint density at radius 1 is 1.28 bits per heavy atom. The smallest absolute Gasteiger partial charge is 0.191 e. The maximum absolute atomic E-state index is 5.19. The van der Waals surface area contributed by atoms with Crippen LogP contribution >= 0.6 is 0 Å². The maximum Gasteiger partial charge on any atom is 0.191 e. The van der Waals surface area contributed by atoms with Crippen LogP contribution in [-0.2, 0) is 0 Å². The fraction of sp³-hybridized carbons (Fsp3) is 0.692. The molecule has 0 aliphatic carbocycles. The van der Waals surface area contributed by atoms with E-state index in [2.05, 4.69) is 41.6 Å². The van der Waals surface area contributed by atoms with E-state index in [-0.39, 0.29) is 0 Å². The second-order valence-corrected chi connectivity index (χ2v) is 4.39. The van der Waals surface area contributed by atoms with Crippen LogP contribution in [0.2, 0.25) is 0 Å². The summed E-state index contributed by atoms with van der Waals surface area (Å²) in [4.78, 5) is 4.57.